The summed E-state index contributed by atoms with van der Waals surface area (Å²) in [6, 6.07) is 4.32. The summed E-state index contributed by atoms with van der Waals surface area (Å²) >= 11 is 20.9. The molecule has 11 heteroatoms. The lowest BCUT2D eigenvalue weighted by Crippen LogP contribution is -2.52. The van der Waals surface area contributed by atoms with Crippen LogP contribution >= 0.6 is 50.7 Å². The van der Waals surface area contributed by atoms with Gasteiger partial charge in [-0.05, 0) is 58.2 Å². The van der Waals surface area contributed by atoms with Gasteiger partial charge < -0.3 is 4.74 Å². The number of benzene rings is 2. The Hall–Kier alpha value is -1.35. The minimum atomic E-state index is -4.99. The Labute approximate surface area is 198 Å². The molecule has 3 unspecified atom stereocenters. The van der Waals surface area contributed by atoms with Gasteiger partial charge in [0.1, 0.15) is 17.2 Å². The maximum Gasteiger partial charge on any atom is 0.404 e. The number of halogens is 8. The number of nitrogens with zero attached hydrogens (tertiary/aromatic N) is 1. The minimum absolute atomic E-state index is 0.0184. The van der Waals surface area contributed by atoms with Crippen molar-refractivity contribution in [2.45, 2.75) is 24.6 Å². The molecule has 3 nitrogen and oxygen atoms in total. The van der Waals surface area contributed by atoms with Crippen molar-refractivity contribution >= 4 is 62.9 Å². The standard InChI is InChI=1S/C20H13BrCl3F4NO2/c1-2-31-18(30)15-17(9-3-4-14(25)11(21)5-9)29-8-19(15,20(26,27)28)10-6-12(22)16(24)13(23)7-10/h3-8,15,17H,2H2,1H3. The van der Waals surface area contributed by atoms with Gasteiger partial charge in [0.2, 0.25) is 0 Å². The van der Waals surface area contributed by atoms with Gasteiger partial charge in [-0.1, -0.05) is 40.9 Å². The van der Waals surface area contributed by atoms with Gasteiger partial charge in [-0.2, -0.15) is 13.2 Å². The fourth-order valence-corrected chi connectivity index (χ4v) is 4.59. The Kier molecular flexibility index (Phi) is 6.96. The van der Waals surface area contributed by atoms with Crippen LogP contribution in [0.5, 0.6) is 0 Å². The van der Waals surface area contributed by atoms with E-state index in [-0.39, 0.29) is 31.7 Å². The molecule has 0 amide bonds. The topological polar surface area (TPSA) is 38.7 Å². The van der Waals surface area contributed by atoms with Crippen LogP contribution in [-0.2, 0) is 14.9 Å². The van der Waals surface area contributed by atoms with Gasteiger partial charge >= 0.3 is 12.1 Å². The van der Waals surface area contributed by atoms with Crippen LogP contribution in [0.1, 0.15) is 24.1 Å². The number of esters is 1. The molecule has 0 spiro atoms. The third-order valence-corrected chi connectivity index (χ3v) is 6.81. The summed E-state index contributed by atoms with van der Waals surface area (Å²) in [6.45, 7) is 1.33. The fraction of sp³-hybridized carbons (Fsp3) is 0.300. The van der Waals surface area contributed by atoms with E-state index in [4.69, 9.17) is 39.5 Å². The molecule has 2 aromatic carbocycles. The van der Waals surface area contributed by atoms with Crippen LogP contribution in [0, 0.1) is 11.7 Å². The van der Waals surface area contributed by atoms with E-state index in [1.165, 1.54) is 19.1 Å². The Morgan fingerprint density at radius 1 is 1.19 bits per heavy atom. The fourth-order valence-electron chi connectivity index (χ4n) is 3.60. The summed E-state index contributed by atoms with van der Waals surface area (Å²) in [5.74, 6) is -3.58. The first kappa shape index (κ1) is 24.3. The average molecular weight is 562 g/mol. The molecule has 0 fully saturated rings. The van der Waals surface area contributed by atoms with Crippen molar-refractivity contribution in [2.24, 2.45) is 10.9 Å². The number of hydrogen-bond acceptors (Lipinski definition) is 3. The monoisotopic (exact) mass is 559 g/mol. The van der Waals surface area contributed by atoms with Crippen LogP contribution in [0.3, 0.4) is 0 Å². The van der Waals surface area contributed by atoms with Crippen molar-refractivity contribution in [1.82, 2.24) is 0 Å². The van der Waals surface area contributed by atoms with Gasteiger partial charge in [-0.3, -0.25) is 9.79 Å². The summed E-state index contributed by atoms with van der Waals surface area (Å²) in [6.07, 6.45) is -4.33. The molecule has 1 aliphatic heterocycles. The van der Waals surface area contributed by atoms with Crippen LogP contribution in [-0.4, -0.2) is 25.0 Å². The SMILES string of the molecule is CCOC(=O)C1C(c2ccc(F)c(Br)c2)N=CC1(c1cc(Cl)c(Cl)c(Cl)c1)C(F)(F)F. The smallest absolute Gasteiger partial charge is 0.404 e. The summed E-state index contributed by atoms with van der Waals surface area (Å²) < 4.78 is 62.7. The second-order valence-corrected chi connectivity index (χ2v) is 8.79. The van der Waals surface area contributed by atoms with Gasteiger partial charge in [0.15, 0.2) is 0 Å². The first-order valence-corrected chi connectivity index (χ1v) is 10.7. The normalized spacial score (nSPS) is 23.3. The lowest BCUT2D eigenvalue weighted by Gasteiger charge is -2.36. The lowest BCUT2D eigenvalue weighted by molar-refractivity contribution is -0.192. The van der Waals surface area contributed by atoms with E-state index >= 15 is 0 Å². The maximum absolute atomic E-state index is 14.7. The minimum Gasteiger partial charge on any atom is -0.466 e. The molecule has 0 saturated carbocycles. The summed E-state index contributed by atoms with van der Waals surface area (Å²) in [5, 5.41) is -0.542. The quantitative estimate of drug-likeness (QED) is 0.222. The van der Waals surface area contributed by atoms with E-state index in [1.807, 2.05) is 0 Å². The van der Waals surface area contributed by atoms with E-state index in [0.29, 0.717) is 6.21 Å². The van der Waals surface area contributed by atoms with Gasteiger partial charge in [0.25, 0.3) is 0 Å². The van der Waals surface area contributed by atoms with Gasteiger partial charge in [0.05, 0.1) is 32.2 Å². The molecule has 3 rings (SSSR count). The number of alkyl halides is 3. The van der Waals surface area contributed by atoms with Gasteiger partial charge in [-0.15, -0.1) is 0 Å². The van der Waals surface area contributed by atoms with Gasteiger partial charge in [-0.25, -0.2) is 4.39 Å². The highest BCUT2D eigenvalue weighted by Crippen LogP contribution is 2.55. The highest BCUT2D eigenvalue weighted by molar-refractivity contribution is 9.10. The van der Waals surface area contributed by atoms with Crippen molar-refractivity contribution < 1.29 is 27.1 Å². The zero-order valence-electron chi connectivity index (χ0n) is 15.6. The van der Waals surface area contributed by atoms with Crippen LogP contribution in [0.15, 0.2) is 39.8 Å². The lowest BCUT2D eigenvalue weighted by atomic mass is 9.68. The largest absolute Gasteiger partial charge is 0.466 e. The second kappa shape index (κ2) is 8.89. The second-order valence-electron chi connectivity index (χ2n) is 6.75. The molecule has 0 aromatic heterocycles. The number of rotatable bonds is 4. The molecule has 31 heavy (non-hydrogen) atoms. The molecule has 0 saturated heterocycles. The van der Waals surface area contributed by atoms with Crippen LogP contribution in [0.25, 0.3) is 0 Å². The average Bonchev–Trinajstić information content (AvgIpc) is 3.10. The summed E-state index contributed by atoms with van der Waals surface area (Å²) in [4.78, 5) is 16.9. The third-order valence-electron chi connectivity index (χ3n) is 5.00. The number of hydrogen-bond donors (Lipinski definition) is 0. The molecule has 0 radical (unpaired) electrons. The Morgan fingerprint density at radius 2 is 1.81 bits per heavy atom. The number of aliphatic imine (C=N–C) groups is 1. The molecule has 0 aliphatic carbocycles. The van der Waals surface area contributed by atoms with Crippen molar-refractivity contribution in [3.63, 3.8) is 0 Å². The molecule has 0 N–H and O–H groups in total. The first-order chi connectivity index (χ1) is 14.4. The number of carbonyl (C=O) groups is 1. The van der Waals surface area contributed by atoms with Crippen molar-refractivity contribution in [1.29, 1.82) is 0 Å². The summed E-state index contributed by atoms with van der Waals surface area (Å²) in [7, 11) is 0. The zero-order chi connectivity index (χ0) is 23.1. The molecular formula is C20H13BrCl3F4NO2. The van der Waals surface area contributed by atoms with E-state index < -0.39 is 40.9 Å². The molecule has 3 atom stereocenters. The van der Waals surface area contributed by atoms with E-state index in [9.17, 15) is 22.4 Å². The Bertz CT molecular complexity index is 1040. The highest BCUT2D eigenvalue weighted by atomic mass is 79.9. The van der Waals surface area contributed by atoms with Crippen LogP contribution in [0.4, 0.5) is 17.6 Å². The van der Waals surface area contributed by atoms with E-state index in [1.54, 1.807) is 0 Å². The zero-order valence-corrected chi connectivity index (χ0v) is 19.5. The van der Waals surface area contributed by atoms with Crippen molar-refractivity contribution in [3.8, 4) is 0 Å². The van der Waals surface area contributed by atoms with Crippen molar-refractivity contribution in [2.75, 3.05) is 6.61 Å². The summed E-state index contributed by atoms with van der Waals surface area (Å²) in [5.41, 5.74) is -3.12. The molecule has 2 aromatic rings. The van der Waals surface area contributed by atoms with E-state index in [0.717, 1.165) is 18.2 Å². The maximum atomic E-state index is 14.7. The molecule has 166 valence electrons. The van der Waals surface area contributed by atoms with Crippen LogP contribution < -0.4 is 0 Å². The highest BCUT2D eigenvalue weighted by Gasteiger charge is 2.67. The molecule has 1 heterocycles. The van der Waals surface area contributed by atoms with Crippen molar-refractivity contribution in [3.05, 3.63) is 66.8 Å². The van der Waals surface area contributed by atoms with Crippen LogP contribution in [0.2, 0.25) is 15.1 Å². The molecule has 0 bridgehead atoms. The van der Waals surface area contributed by atoms with Gasteiger partial charge in [0, 0.05) is 6.21 Å². The Balaban J connectivity index is 2.28. The molecule has 1 aliphatic rings. The number of carbonyl (C=O) groups excluding carboxylic acids is 1. The Morgan fingerprint density at radius 3 is 2.32 bits per heavy atom. The predicted molar refractivity (Wildman–Crippen MR) is 115 cm³/mol. The van der Waals surface area contributed by atoms with E-state index in [2.05, 4.69) is 20.9 Å². The predicted octanol–water partition coefficient (Wildman–Crippen LogP) is 7.35. The molecular weight excluding hydrogens is 548 g/mol. The third kappa shape index (κ3) is 4.19. The first-order valence-electron chi connectivity index (χ1n) is 8.81. The number of ether oxygens (including phenoxy) is 1.